The number of H-pyrrole nitrogens is 2. The molecule has 0 bridgehead atoms. The van der Waals surface area contributed by atoms with Crippen molar-refractivity contribution in [1.29, 1.82) is 0 Å². The largest absolute Gasteiger partial charge is 0.504 e. The van der Waals surface area contributed by atoms with E-state index >= 15 is 0 Å². The van der Waals surface area contributed by atoms with E-state index in [9.17, 15) is 19.5 Å². The van der Waals surface area contributed by atoms with Crippen LogP contribution in [0, 0.1) is 0 Å². The lowest BCUT2D eigenvalue weighted by Gasteiger charge is -2.26. The number of ether oxygens (including phenoxy) is 1. The SMILES string of the molecule is CCOc1cc(C2NC(=O)Nc3[nH]c(=O)[nH]c(=O)c32)ccc1O. The molecule has 0 saturated heterocycles. The number of urea groups is 1. The minimum atomic E-state index is -0.792. The number of nitrogens with one attached hydrogen (secondary N) is 4. The molecular formula is C14H14N4O5. The molecule has 120 valence electrons. The Labute approximate surface area is 129 Å². The second-order valence-electron chi connectivity index (χ2n) is 4.89. The summed E-state index contributed by atoms with van der Waals surface area (Å²) in [6.45, 7) is 2.11. The van der Waals surface area contributed by atoms with Gasteiger partial charge in [-0.2, -0.15) is 0 Å². The molecule has 1 atom stereocenters. The van der Waals surface area contributed by atoms with Gasteiger partial charge in [-0.3, -0.25) is 20.1 Å². The summed E-state index contributed by atoms with van der Waals surface area (Å²) < 4.78 is 5.31. The standard InChI is InChI=1S/C14H14N4O5/c1-2-23-8-5-6(3-4-7(8)19)10-9-11(16-13(21)15-10)17-14(22)18-12(9)20/h3-5,10,19H,2H2,1H3,(H4,15,16,17,18,20,21,22). The number of phenolic OH excluding ortho intramolecular Hbond substituents is 1. The van der Waals surface area contributed by atoms with Crippen LogP contribution in [0.25, 0.3) is 0 Å². The number of anilines is 1. The van der Waals surface area contributed by atoms with Crippen molar-refractivity contribution < 1.29 is 14.6 Å². The minimum Gasteiger partial charge on any atom is -0.504 e. The van der Waals surface area contributed by atoms with E-state index in [1.807, 2.05) is 0 Å². The smallest absolute Gasteiger partial charge is 0.327 e. The summed E-state index contributed by atoms with van der Waals surface area (Å²) in [6, 6.07) is 3.15. The summed E-state index contributed by atoms with van der Waals surface area (Å²) in [5.41, 5.74) is -0.639. The van der Waals surface area contributed by atoms with Crippen LogP contribution in [0.3, 0.4) is 0 Å². The van der Waals surface area contributed by atoms with Crippen LogP contribution in [0.2, 0.25) is 0 Å². The average molecular weight is 318 g/mol. The van der Waals surface area contributed by atoms with Crippen LogP contribution in [0.4, 0.5) is 10.6 Å². The van der Waals surface area contributed by atoms with Crippen molar-refractivity contribution in [2.75, 3.05) is 11.9 Å². The van der Waals surface area contributed by atoms with E-state index in [1.165, 1.54) is 12.1 Å². The first-order valence-electron chi connectivity index (χ1n) is 6.89. The number of aromatic hydroxyl groups is 1. The first kappa shape index (κ1) is 14.7. The molecule has 1 aromatic carbocycles. The van der Waals surface area contributed by atoms with Gasteiger partial charge in [0.15, 0.2) is 11.5 Å². The monoisotopic (exact) mass is 318 g/mol. The van der Waals surface area contributed by atoms with Crippen LogP contribution in [-0.4, -0.2) is 27.7 Å². The summed E-state index contributed by atoms with van der Waals surface area (Å²) in [4.78, 5) is 39.7. The predicted octanol–water partition coefficient (Wildman–Crippen LogP) is 0.392. The van der Waals surface area contributed by atoms with Gasteiger partial charge in [-0.25, -0.2) is 9.59 Å². The fourth-order valence-electron chi connectivity index (χ4n) is 2.45. The first-order valence-corrected chi connectivity index (χ1v) is 6.89. The number of aromatic amines is 2. The number of hydrogen-bond acceptors (Lipinski definition) is 5. The molecule has 1 unspecified atom stereocenters. The molecule has 1 aliphatic heterocycles. The normalized spacial score (nSPS) is 16.2. The Balaban J connectivity index is 2.15. The van der Waals surface area contributed by atoms with E-state index in [4.69, 9.17) is 4.74 Å². The lowest BCUT2D eigenvalue weighted by Crippen LogP contribution is -2.44. The fraction of sp³-hybridized carbons (Fsp3) is 0.214. The maximum absolute atomic E-state index is 12.1. The van der Waals surface area contributed by atoms with Crippen LogP contribution in [-0.2, 0) is 0 Å². The Hall–Kier alpha value is -3.23. The van der Waals surface area contributed by atoms with Gasteiger partial charge < -0.3 is 15.2 Å². The number of phenols is 1. The quantitative estimate of drug-likeness (QED) is 0.558. The zero-order chi connectivity index (χ0) is 16.6. The second kappa shape index (κ2) is 5.52. The lowest BCUT2D eigenvalue weighted by atomic mass is 9.98. The number of carbonyl (C=O) groups excluding carboxylic acids is 1. The van der Waals surface area contributed by atoms with Crippen LogP contribution in [0.15, 0.2) is 27.8 Å². The van der Waals surface area contributed by atoms with E-state index < -0.39 is 23.3 Å². The van der Waals surface area contributed by atoms with Crippen LogP contribution < -0.4 is 26.6 Å². The molecule has 9 nitrogen and oxygen atoms in total. The highest BCUT2D eigenvalue weighted by Crippen LogP contribution is 2.33. The van der Waals surface area contributed by atoms with Crippen molar-refractivity contribution in [3.8, 4) is 11.5 Å². The third-order valence-electron chi connectivity index (χ3n) is 3.40. The van der Waals surface area contributed by atoms with E-state index in [1.54, 1.807) is 13.0 Å². The number of hydrogen-bond donors (Lipinski definition) is 5. The van der Waals surface area contributed by atoms with E-state index in [2.05, 4.69) is 20.6 Å². The predicted molar refractivity (Wildman–Crippen MR) is 81.0 cm³/mol. The Morgan fingerprint density at radius 3 is 2.74 bits per heavy atom. The topological polar surface area (TPSA) is 136 Å². The number of amides is 2. The Bertz CT molecular complexity index is 885. The maximum atomic E-state index is 12.1. The van der Waals surface area contributed by atoms with Gasteiger partial charge in [0.05, 0.1) is 18.2 Å². The molecule has 2 aromatic rings. The highest BCUT2D eigenvalue weighted by molar-refractivity contribution is 5.92. The second-order valence-corrected chi connectivity index (χ2v) is 4.89. The van der Waals surface area contributed by atoms with Gasteiger partial charge in [0.1, 0.15) is 5.82 Å². The van der Waals surface area contributed by atoms with E-state index in [0.717, 1.165) is 0 Å². The van der Waals surface area contributed by atoms with Gasteiger partial charge in [-0.15, -0.1) is 0 Å². The van der Waals surface area contributed by atoms with Gasteiger partial charge in [0.2, 0.25) is 0 Å². The molecule has 0 aliphatic carbocycles. The molecule has 5 N–H and O–H groups in total. The first-order chi connectivity index (χ1) is 11.0. The Morgan fingerprint density at radius 2 is 2.00 bits per heavy atom. The van der Waals surface area contributed by atoms with E-state index in [-0.39, 0.29) is 22.9 Å². The summed E-state index contributed by atoms with van der Waals surface area (Å²) in [5.74, 6) is 0.227. The van der Waals surface area contributed by atoms with Crippen molar-refractivity contribution in [3.63, 3.8) is 0 Å². The summed E-state index contributed by atoms with van der Waals surface area (Å²) in [7, 11) is 0. The molecule has 9 heteroatoms. The molecule has 0 saturated carbocycles. The Morgan fingerprint density at radius 1 is 1.22 bits per heavy atom. The van der Waals surface area contributed by atoms with Gasteiger partial charge in [-0.1, -0.05) is 6.07 Å². The zero-order valence-corrected chi connectivity index (χ0v) is 12.1. The van der Waals surface area contributed by atoms with Crippen LogP contribution in [0.5, 0.6) is 11.5 Å². The van der Waals surface area contributed by atoms with Crippen molar-refractivity contribution >= 4 is 11.8 Å². The fourth-order valence-corrected chi connectivity index (χ4v) is 2.45. The molecule has 23 heavy (non-hydrogen) atoms. The third-order valence-corrected chi connectivity index (χ3v) is 3.40. The van der Waals surface area contributed by atoms with Gasteiger partial charge in [-0.05, 0) is 24.6 Å². The molecule has 0 spiro atoms. The molecule has 1 aromatic heterocycles. The molecule has 2 amide bonds. The zero-order valence-electron chi connectivity index (χ0n) is 12.1. The van der Waals surface area contributed by atoms with Crippen molar-refractivity contribution in [3.05, 3.63) is 50.2 Å². The van der Waals surface area contributed by atoms with E-state index in [0.29, 0.717) is 12.2 Å². The molecular weight excluding hydrogens is 304 g/mol. The highest BCUT2D eigenvalue weighted by Gasteiger charge is 2.30. The third kappa shape index (κ3) is 2.63. The van der Waals surface area contributed by atoms with Gasteiger partial charge >= 0.3 is 11.7 Å². The number of fused-ring (bicyclic) bond motifs is 1. The van der Waals surface area contributed by atoms with Gasteiger partial charge in [0, 0.05) is 0 Å². The Kier molecular flexibility index (Phi) is 3.53. The number of rotatable bonds is 3. The van der Waals surface area contributed by atoms with Crippen LogP contribution in [0.1, 0.15) is 24.1 Å². The summed E-state index contributed by atoms with van der Waals surface area (Å²) in [5, 5.41) is 14.8. The molecule has 0 radical (unpaired) electrons. The average Bonchev–Trinajstić information content (AvgIpc) is 2.48. The van der Waals surface area contributed by atoms with Crippen molar-refractivity contribution in [2.45, 2.75) is 13.0 Å². The van der Waals surface area contributed by atoms with Crippen molar-refractivity contribution in [2.24, 2.45) is 0 Å². The van der Waals surface area contributed by atoms with Crippen molar-refractivity contribution in [1.82, 2.24) is 15.3 Å². The summed E-state index contributed by atoms with van der Waals surface area (Å²) in [6.07, 6.45) is 0. The molecule has 2 heterocycles. The minimum absolute atomic E-state index is 0.0403. The molecule has 1 aliphatic rings. The number of benzene rings is 1. The lowest BCUT2D eigenvalue weighted by molar-refractivity contribution is 0.248. The number of carbonyl (C=O) groups is 1. The number of aromatic nitrogens is 2. The summed E-state index contributed by atoms with van der Waals surface area (Å²) >= 11 is 0. The maximum Gasteiger partial charge on any atom is 0.327 e. The highest BCUT2D eigenvalue weighted by atomic mass is 16.5. The van der Waals surface area contributed by atoms with Gasteiger partial charge in [0.25, 0.3) is 5.56 Å². The molecule has 3 rings (SSSR count). The van der Waals surface area contributed by atoms with Crippen LogP contribution >= 0.6 is 0 Å². The molecule has 0 fully saturated rings.